The first-order valence-corrected chi connectivity index (χ1v) is 6.72. The lowest BCUT2D eigenvalue weighted by Gasteiger charge is -2.19. The van der Waals surface area contributed by atoms with Crippen LogP contribution in [-0.2, 0) is 18.1 Å². The van der Waals surface area contributed by atoms with Gasteiger partial charge in [0.25, 0.3) is 0 Å². The average Bonchev–Trinajstić information content (AvgIpc) is 2.70. The zero-order valence-electron chi connectivity index (χ0n) is 11.9. The van der Waals surface area contributed by atoms with E-state index in [0.29, 0.717) is 17.9 Å². The van der Waals surface area contributed by atoms with Crippen LogP contribution in [0.5, 0.6) is 0 Å². The second kappa shape index (κ2) is 5.33. The first kappa shape index (κ1) is 15.8. The molecule has 114 valence electrons. The fourth-order valence-electron chi connectivity index (χ4n) is 1.96. The molecule has 1 aromatic carbocycles. The minimum Gasteiger partial charge on any atom is -0.297 e. The molecule has 0 saturated heterocycles. The van der Waals surface area contributed by atoms with Gasteiger partial charge in [-0.15, -0.1) is 10.2 Å². The van der Waals surface area contributed by atoms with E-state index in [2.05, 4.69) is 10.2 Å². The number of hydrogen-bond donors (Lipinski definition) is 0. The SMILES string of the molecule is CC(C)(C)c1nnc(Cl)n1Cc1ccc(C(F)(F)F)cc1. The number of hydrogen-bond acceptors (Lipinski definition) is 2. The summed E-state index contributed by atoms with van der Waals surface area (Å²) in [4.78, 5) is 0. The van der Waals surface area contributed by atoms with Crippen molar-refractivity contribution in [2.75, 3.05) is 0 Å². The molecule has 0 saturated carbocycles. The molecule has 1 heterocycles. The maximum Gasteiger partial charge on any atom is 0.416 e. The summed E-state index contributed by atoms with van der Waals surface area (Å²) in [5.74, 6) is 0.687. The molecule has 0 N–H and O–H groups in total. The number of halogens is 4. The second-order valence-corrected chi connectivity index (χ2v) is 6.16. The summed E-state index contributed by atoms with van der Waals surface area (Å²) in [5, 5.41) is 8.10. The maximum atomic E-state index is 12.5. The van der Waals surface area contributed by atoms with Crippen LogP contribution >= 0.6 is 11.6 Å². The summed E-state index contributed by atoms with van der Waals surface area (Å²) in [6, 6.07) is 4.99. The predicted molar refractivity (Wildman–Crippen MR) is 74.3 cm³/mol. The van der Waals surface area contributed by atoms with Crippen molar-refractivity contribution in [1.82, 2.24) is 14.8 Å². The topological polar surface area (TPSA) is 30.7 Å². The number of rotatable bonds is 2. The molecule has 7 heteroatoms. The molecule has 21 heavy (non-hydrogen) atoms. The summed E-state index contributed by atoms with van der Waals surface area (Å²) in [7, 11) is 0. The van der Waals surface area contributed by atoms with Crippen LogP contribution in [0.3, 0.4) is 0 Å². The molecule has 2 rings (SSSR count). The number of benzene rings is 1. The van der Waals surface area contributed by atoms with Gasteiger partial charge in [0, 0.05) is 5.41 Å². The van der Waals surface area contributed by atoms with Crippen molar-refractivity contribution in [3.8, 4) is 0 Å². The molecule has 0 spiro atoms. The third-order valence-electron chi connectivity index (χ3n) is 3.00. The molecule has 3 nitrogen and oxygen atoms in total. The molecular weight excluding hydrogens is 303 g/mol. The third-order valence-corrected chi connectivity index (χ3v) is 3.28. The molecular formula is C14H15ClF3N3. The first-order valence-electron chi connectivity index (χ1n) is 6.34. The minimum atomic E-state index is -4.33. The Bertz CT molecular complexity index is 624. The smallest absolute Gasteiger partial charge is 0.297 e. The van der Waals surface area contributed by atoms with Gasteiger partial charge in [-0.25, -0.2) is 0 Å². The van der Waals surface area contributed by atoms with E-state index in [-0.39, 0.29) is 10.7 Å². The fourth-order valence-corrected chi connectivity index (χ4v) is 2.14. The minimum absolute atomic E-state index is 0.222. The first-order chi connectivity index (χ1) is 9.59. The summed E-state index contributed by atoms with van der Waals surface area (Å²) in [5.41, 5.74) is -0.223. The quantitative estimate of drug-likeness (QED) is 0.827. The highest BCUT2D eigenvalue weighted by molar-refractivity contribution is 6.28. The molecule has 0 bridgehead atoms. The summed E-state index contributed by atoms with van der Waals surface area (Å²) in [6.07, 6.45) is -4.33. The summed E-state index contributed by atoms with van der Waals surface area (Å²) in [6.45, 7) is 6.24. The van der Waals surface area contributed by atoms with E-state index < -0.39 is 11.7 Å². The van der Waals surface area contributed by atoms with Gasteiger partial charge in [0.2, 0.25) is 5.28 Å². The van der Waals surface area contributed by atoms with E-state index in [1.165, 1.54) is 12.1 Å². The van der Waals surface area contributed by atoms with Gasteiger partial charge in [-0.3, -0.25) is 4.57 Å². The molecule has 0 fully saturated rings. The van der Waals surface area contributed by atoms with Gasteiger partial charge in [0.1, 0.15) is 5.82 Å². The van der Waals surface area contributed by atoms with Gasteiger partial charge in [-0.1, -0.05) is 32.9 Å². The van der Waals surface area contributed by atoms with E-state index in [4.69, 9.17) is 11.6 Å². The molecule has 0 amide bonds. The molecule has 0 aliphatic rings. The van der Waals surface area contributed by atoms with E-state index in [0.717, 1.165) is 12.1 Å². The average molecular weight is 318 g/mol. The lowest BCUT2D eigenvalue weighted by molar-refractivity contribution is -0.137. The van der Waals surface area contributed by atoms with Crippen molar-refractivity contribution in [1.29, 1.82) is 0 Å². The molecule has 1 aromatic heterocycles. The van der Waals surface area contributed by atoms with Crippen LogP contribution in [-0.4, -0.2) is 14.8 Å². The Hall–Kier alpha value is -1.56. The number of nitrogens with zero attached hydrogens (tertiary/aromatic N) is 3. The molecule has 0 unspecified atom stereocenters. The van der Waals surface area contributed by atoms with Gasteiger partial charge in [-0.2, -0.15) is 13.2 Å². The monoisotopic (exact) mass is 317 g/mol. The Labute approximate surface area is 125 Å². The van der Waals surface area contributed by atoms with Gasteiger partial charge in [-0.05, 0) is 29.3 Å². The van der Waals surface area contributed by atoms with Crippen LogP contribution in [0.2, 0.25) is 5.28 Å². The Kier molecular flexibility index (Phi) is 4.02. The van der Waals surface area contributed by atoms with Crippen LogP contribution in [0.25, 0.3) is 0 Å². The predicted octanol–water partition coefficient (Wildman–Crippen LogP) is 4.30. The van der Waals surface area contributed by atoms with Gasteiger partial charge >= 0.3 is 6.18 Å². The van der Waals surface area contributed by atoms with E-state index in [1.54, 1.807) is 4.57 Å². The lowest BCUT2D eigenvalue weighted by Crippen LogP contribution is -2.19. The molecule has 0 atom stereocenters. The fraction of sp³-hybridized carbons (Fsp3) is 0.429. The van der Waals surface area contributed by atoms with Crippen LogP contribution < -0.4 is 0 Å². The Balaban J connectivity index is 2.29. The van der Waals surface area contributed by atoms with Crippen molar-refractivity contribution in [3.63, 3.8) is 0 Å². The highest BCUT2D eigenvalue weighted by Gasteiger charge is 2.30. The van der Waals surface area contributed by atoms with Crippen LogP contribution in [0.15, 0.2) is 24.3 Å². The van der Waals surface area contributed by atoms with Crippen molar-refractivity contribution >= 4 is 11.6 Å². The van der Waals surface area contributed by atoms with E-state index in [1.807, 2.05) is 20.8 Å². The van der Waals surface area contributed by atoms with Crippen LogP contribution in [0.4, 0.5) is 13.2 Å². The highest BCUT2D eigenvalue weighted by atomic mass is 35.5. The van der Waals surface area contributed by atoms with E-state index >= 15 is 0 Å². The Morgan fingerprint density at radius 1 is 1.05 bits per heavy atom. The summed E-state index contributed by atoms with van der Waals surface area (Å²) < 4.78 is 39.3. The summed E-state index contributed by atoms with van der Waals surface area (Å²) >= 11 is 6.01. The molecule has 0 radical (unpaired) electrons. The second-order valence-electron chi connectivity index (χ2n) is 5.82. The number of alkyl halides is 3. The van der Waals surface area contributed by atoms with Crippen molar-refractivity contribution < 1.29 is 13.2 Å². The van der Waals surface area contributed by atoms with Crippen LogP contribution in [0.1, 0.15) is 37.7 Å². The molecule has 0 aliphatic heterocycles. The van der Waals surface area contributed by atoms with Crippen LogP contribution in [0, 0.1) is 0 Å². The maximum absolute atomic E-state index is 12.5. The van der Waals surface area contributed by atoms with Gasteiger partial charge in [0.05, 0.1) is 12.1 Å². The van der Waals surface area contributed by atoms with E-state index in [9.17, 15) is 13.2 Å². The van der Waals surface area contributed by atoms with Crippen molar-refractivity contribution in [2.45, 2.75) is 38.9 Å². The normalized spacial score (nSPS) is 12.7. The van der Waals surface area contributed by atoms with Gasteiger partial charge in [0.15, 0.2) is 0 Å². The van der Waals surface area contributed by atoms with Gasteiger partial charge < -0.3 is 0 Å². The zero-order chi connectivity index (χ0) is 15.8. The Morgan fingerprint density at radius 2 is 1.62 bits per heavy atom. The number of aromatic nitrogens is 3. The molecule has 0 aliphatic carbocycles. The third kappa shape index (κ3) is 3.56. The Morgan fingerprint density at radius 3 is 2.10 bits per heavy atom. The largest absolute Gasteiger partial charge is 0.416 e. The van der Waals surface area contributed by atoms with Crippen molar-refractivity contribution in [3.05, 3.63) is 46.5 Å². The standard InChI is InChI=1S/C14H15ClF3N3/c1-13(2,3)11-19-20-12(15)21(11)8-9-4-6-10(7-5-9)14(16,17)18/h4-7H,8H2,1-3H3. The zero-order valence-corrected chi connectivity index (χ0v) is 12.6. The highest BCUT2D eigenvalue weighted by Crippen LogP contribution is 2.29. The molecule has 2 aromatic rings. The lowest BCUT2D eigenvalue weighted by atomic mass is 9.95. The van der Waals surface area contributed by atoms with Crippen molar-refractivity contribution in [2.24, 2.45) is 0 Å².